The molecule has 0 spiro atoms. The van der Waals surface area contributed by atoms with E-state index in [0.29, 0.717) is 0 Å². The molecule has 4 heterocycles. The molecule has 26 heavy (non-hydrogen) atoms. The van der Waals surface area contributed by atoms with Crippen molar-refractivity contribution in [3.8, 4) is 20.9 Å². The van der Waals surface area contributed by atoms with E-state index < -0.39 is 0 Å². The Labute approximate surface area is 166 Å². The zero-order valence-electron chi connectivity index (χ0n) is 13.6. The summed E-state index contributed by atoms with van der Waals surface area (Å²) >= 11 is 7.76. The van der Waals surface area contributed by atoms with E-state index in [2.05, 4.69) is 72.8 Å². The lowest BCUT2D eigenvalue weighted by Gasteiger charge is -1.94. The molecule has 0 amide bonds. The van der Waals surface area contributed by atoms with Gasteiger partial charge in [-0.25, -0.2) is 0 Å². The molecule has 0 nitrogen and oxygen atoms in total. The molecular weight excluding hydrogens is 393 g/mol. The fourth-order valence-electron chi connectivity index (χ4n) is 3.34. The van der Waals surface area contributed by atoms with Crippen LogP contribution in [-0.2, 0) is 0 Å². The van der Waals surface area contributed by atoms with E-state index in [1.54, 1.807) is 0 Å². The number of rotatable bonds is 2. The van der Waals surface area contributed by atoms with Gasteiger partial charge in [-0.15, -0.1) is 45.3 Å². The van der Waals surface area contributed by atoms with Crippen LogP contribution < -0.4 is 0 Å². The summed E-state index contributed by atoms with van der Waals surface area (Å²) in [4.78, 5) is 2.74. The van der Waals surface area contributed by atoms with E-state index in [-0.39, 0.29) is 0 Å². The summed E-state index contributed by atoms with van der Waals surface area (Å²) in [5.74, 6) is 0. The summed E-state index contributed by atoms with van der Waals surface area (Å²) in [6, 6.07) is 26.2. The third-order valence-electron chi connectivity index (χ3n) is 4.60. The first-order valence-electron chi connectivity index (χ1n) is 8.36. The predicted octanol–water partition coefficient (Wildman–Crippen LogP) is 8.73. The van der Waals surface area contributed by atoms with Crippen LogP contribution in [0.3, 0.4) is 0 Å². The van der Waals surface area contributed by atoms with Crippen molar-refractivity contribution in [1.82, 2.24) is 0 Å². The van der Waals surface area contributed by atoms with Gasteiger partial charge in [0.15, 0.2) is 0 Å². The Bertz CT molecular complexity index is 1250. The molecule has 4 aromatic heterocycles. The topological polar surface area (TPSA) is 0 Å². The summed E-state index contributed by atoms with van der Waals surface area (Å²) in [5.41, 5.74) is 2.64. The van der Waals surface area contributed by atoms with Gasteiger partial charge in [0.25, 0.3) is 0 Å². The molecule has 0 N–H and O–H groups in total. The van der Waals surface area contributed by atoms with Crippen molar-refractivity contribution in [2.75, 3.05) is 0 Å². The number of hydrogen-bond acceptors (Lipinski definition) is 4. The van der Waals surface area contributed by atoms with Gasteiger partial charge in [-0.3, -0.25) is 0 Å². The summed E-state index contributed by atoms with van der Waals surface area (Å²) in [7, 11) is 0. The molecule has 2 aromatic carbocycles. The van der Waals surface area contributed by atoms with E-state index in [1.165, 1.54) is 49.1 Å². The Balaban J connectivity index is 1.54. The Morgan fingerprint density at radius 2 is 0.885 bits per heavy atom. The smallest absolute Gasteiger partial charge is 0.0892 e. The van der Waals surface area contributed by atoms with Crippen LogP contribution in [0, 0.1) is 0 Å². The maximum absolute atomic E-state index is 2.38. The summed E-state index contributed by atoms with van der Waals surface area (Å²) < 4.78 is 5.81. The standard InChI is InChI=1S/C22H12S4/c1-3-7-13(8-4-1)17-11-15-19-20(25-21(15)23-17)16-12-18(24-22(16)26-19)14-9-5-2-6-10-14/h1-12H. The number of benzene rings is 2. The first-order valence-corrected chi connectivity index (χ1v) is 11.6. The first-order chi connectivity index (χ1) is 12.9. The number of fused-ring (bicyclic) bond motifs is 5. The maximum atomic E-state index is 2.38. The van der Waals surface area contributed by atoms with Gasteiger partial charge in [-0.05, 0) is 23.3 Å². The van der Waals surface area contributed by atoms with Crippen LogP contribution in [-0.4, -0.2) is 0 Å². The molecule has 0 aliphatic carbocycles. The van der Waals surface area contributed by atoms with Crippen molar-refractivity contribution in [2.24, 2.45) is 0 Å². The van der Waals surface area contributed by atoms with Crippen molar-refractivity contribution in [1.29, 1.82) is 0 Å². The highest BCUT2D eigenvalue weighted by Crippen LogP contribution is 2.51. The van der Waals surface area contributed by atoms with Crippen molar-refractivity contribution in [2.45, 2.75) is 0 Å². The van der Waals surface area contributed by atoms with Gasteiger partial charge in [0.1, 0.15) is 0 Å². The molecule has 0 saturated heterocycles. The van der Waals surface area contributed by atoms with E-state index in [9.17, 15) is 0 Å². The van der Waals surface area contributed by atoms with Gasteiger partial charge >= 0.3 is 0 Å². The monoisotopic (exact) mass is 404 g/mol. The molecule has 0 saturated carbocycles. The molecule has 0 atom stereocenters. The van der Waals surface area contributed by atoms with E-state index in [4.69, 9.17) is 0 Å². The van der Waals surface area contributed by atoms with Crippen molar-refractivity contribution >= 4 is 73.5 Å². The summed E-state index contributed by atoms with van der Waals surface area (Å²) in [6.07, 6.45) is 0. The lowest BCUT2D eigenvalue weighted by atomic mass is 10.2. The summed E-state index contributed by atoms with van der Waals surface area (Å²) in [6.45, 7) is 0. The molecule has 4 heteroatoms. The van der Waals surface area contributed by atoms with Crippen LogP contribution in [0.2, 0.25) is 0 Å². The van der Waals surface area contributed by atoms with Crippen molar-refractivity contribution in [3.05, 3.63) is 72.8 Å². The zero-order valence-corrected chi connectivity index (χ0v) is 16.8. The van der Waals surface area contributed by atoms with Crippen LogP contribution in [0.4, 0.5) is 0 Å². The predicted molar refractivity (Wildman–Crippen MR) is 121 cm³/mol. The molecule has 0 fully saturated rings. The first kappa shape index (κ1) is 15.1. The normalized spacial score (nSPS) is 11.8. The second-order valence-corrected chi connectivity index (χ2v) is 10.9. The van der Waals surface area contributed by atoms with Gasteiger partial charge in [0.05, 0.1) is 17.4 Å². The van der Waals surface area contributed by atoms with Gasteiger partial charge in [0.2, 0.25) is 0 Å². The molecule has 0 aliphatic rings. The Hall–Kier alpha value is -1.98. The third-order valence-corrected chi connectivity index (χ3v) is 9.75. The largest absolute Gasteiger partial charge is 0.124 e. The van der Waals surface area contributed by atoms with Crippen LogP contribution in [0.1, 0.15) is 0 Å². The molecule has 6 rings (SSSR count). The van der Waals surface area contributed by atoms with Crippen molar-refractivity contribution in [3.63, 3.8) is 0 Å². The highest BCUT2D eigenvalue weighted by molar-refractivity contribution is 7.50. The van der Waals surface area contributed by atoms with E-state index >= 15 is 0 Å². The molecular formula is C22H12S4. The quantitative estimate of drug-likeness (QED) is 0.271. The minimum Gasteiger partial charge on any atom is -0.124 e. The molecule has 124 valence electrons. The van der Waals surface area contributed by atoms with Gasteiger partial charge in [-0.2, -0.15) is 0 Å². The van der Waals surface area contributed by atoms with Crippen molar-refractivity contribution < 1.29 is 0 Å². The van der Waals surface area contributed by atoms with E-state index in [0.717, 1.165) is 0 Å². The fraction of sp³-hybridized carbons (Fsp3) is 0. The van der Waals surface area contributed by atoms with Gasteiger partial charge in [0, 0.05) is 20.5 Å². The number of hydrogen-bond donors (Lipinski definition) is 0. The second kappa shape index (κ2) is 5.76. The average Bonchev–Trinajstić information content (AvgIpc) is 3.41. The highest BCUT2D eigenvalue weighted by Gasteiger charge is 2.17. The van der Waals surface area contributed by atoms with Crippen LogP contribution >= 0.6 is 45.3 Å². The zero-order chi connectivity index (χ0) is 17.1. The van der Waals surface area contributed by atoms with Gasteiger partial charge in [-0.1, -0.05) is 60.7 Å². The lowest BCUT2D eigenvalue weighted by molar-refractivity contribution is 1.70. The molecule has 6 aromatic rings. The SMILES string of the molecule is c1ccc(-c2cc3c(s2)sc2c4cc(-c5ccccc5)sc4sc32)cc1. The maximum Gasteiger partial charge on any atom is 0.0892 e. The Morgan fingerprint density at radius 3 is 1.31 bits per heavy atom. The molecule has 0 bridgehead atoms. The minimum atomic E-state index is 1.32. The molecule has 0 unspecified atom stereocenters. The fourth-order valence-corrected chi connectivity index (χ4v) is 8.88. The average molecular weight is 405 g/mol. The summed E-state index contributed by atoms with van der Waals surface area (Å²) in [5, 5.41) is 2.87. The van der Waals surface area contributed by atoms with Crippen LogP contribution in [0.5, 0.6) is 0 Å². The van der Waals surface area contributed by atoms with Gasteiger partial charge < -0.3 is 0 Å². The lowest BCUT2D eigenvalue weighted by Crippen LogP contribution is -1.68. The van der Waals surface area contributed by atoms with Crippen LogP contribution in [0.15, 0.2) is 72.8 Å². The Kier molecular flexibility index (Phi) is 3.35. The Morgan fingerprint density at radius 1 is 0.462 bits per heavy atom. The highest BCUT2D eigenvalue weighted by atomic mass is 32.2. The molecule has 0 aliphatic heterocycles. The van der Waals surface area contributed by atoms with Crippen LogP contribution in [0.25, 0.3) is 49.1 Å². The third kappa shape index (κ3) is 2.23. The second-order valence-electron chi connectivity index (χ2n) is 6.22. The van der Waals surface area contributed by atoms with E-state index in [1.807, 2.05) is 45.3 Å². The number of thiophene rings is 4. The molecule has 0 radical (unpaired) electrons. The minimum absolute atomic E-state index is 1.32.